The van der Waals surface area contributed by atoms with E-state index in [1.165, 1.54) is 0 Å². The SMILES string of the molecule is COCC(CCN)Nc1nnnn1C. The average molecular weight is 200 g/mol. The van der Waals surface area contributed by atoms with Gasteiger partial charge in [-0.2, -0.15) is 0 Å². The van der Waals surface area contributed by atoms with Crippen LogP contribution >= 0.6 is 0 Å². The number of nitrogens with zero attached hydrogens (tertiary/aromatic N) is 4. The van der Waals surface area contributed by atoms with E-state index in [1.54, 1.807) is 18.8 Å². The monoisotopic (exact) mass is 200 g/mol. The maximum atomic E-state index is 5.47. The highest BCUT2D eigenvalue weighted by Gasteiger charge is 2.10. The number of rotatable bonds is 6. The Hall–Kier alpha value is -1.21. The van der Waals surface area contributed by atoms with Crippen molar-refractivity contribution < 1.29 is 4.74 Å². The molecule has 0 amide bonds. The van der Waals surface area contributed by atoms with Crippen LogP contribution in [-0.4, -0.2) is 46.5 Å². The van der Waals surface area contributed by atoms with Crippen molar-refractivity contribution in [3.63, 3.8) is 0 Å². The summed E-state index contributed by atoms with van der Waals surface area (Å²) in [4.78, 5) is 0. The van der Waals surface area contributed by atoms with Crippen LogP contribution in [-0.2, 0) is 11.8 Å². The van der Waals surface area contributed by atoms with Crippen molar-refractivity contribution >= 4 is 5.95 Å². The molecule has 0 saturated heterocycles. The minimum atomic E-state index is 0.148. The Kier molecular flexibility index (Phi) is 4.27. The number of nitrogens with two attached hydrogens (primary N) is 1. The van der Waals surface area contributed by atoms with Gasteiger partial charge < -0.3 is 15.8 Å². The molecule has 7 nitrogen and oxygen atoms in total. The van der Waals surface area contributed by atoms with E-state index in [9.17, 15) is 0 Å². The van der Waals surface area contributed by atoms with E-state index < -0.39 is 0 Å². The number of aromatic nitrogens is 4. The smallest absolute Gasteiger partial charge is 0.242 e. The third kappa shape index (κ3) is 2.93. The molecule has 0 aromatic carbocycles. The zero-order valence-corrected chi connectivity index (χ0v) is 8.47. The van der Waals surface area contributed by atoms with Gasteiger partial charge in [-0.05, 0) is 23.4 Å². The maximum Gasteiger partial charge on any atom is 0.242 e. The largest absolute Gasteiger partial charge is 0.383 e. The maximum absolute atomic E-state index is 5.47. The van der Waals surface area contributed by atoms with E-state index >= 15 is 0 Å². The van der Waals surface area contributed by atoms with Crippen LogP contribution in [0.25, 0.3) is 0 Å². The predicted octanol–water partition coefficient (Wildman–Crippen LogP) is -1.01. The summed E-state index contributed by atoms with van der Waals surface area (Å²) in [6.45, 7) is 1.19. The van der Waals surface area contributed by atoms with Gasteiger partial charge in [-0.1, -0.05) is 5.10 Å². The van der Waals surface area contributed by atoms with E-state index in [4.69, 9.17) is 10.5 Å². The quantitative estimate of drug-likeness (QED) is 0.611. The fraction of sp³-hybridized carbons (Fsp3) is 0.857. The fourth-order valence-electron chi connectivity index (χ4n) is 1.13. The Balaban J connectivity index is 2.50. The molecule has 0 fully saturated rings. The Morgan fingerprint density at radius 2 is 2.43 bits per heavy atom. The number of tetrazole rings is 1. The molecule has 0 aliphatic carbocycles. The summed E-state index contributed by atoms with van der Waals surface area (Å²) >= 11 is 0. The molecule has 1 aromatic rings. The first kappa shape index (κ1) is 10.9. The van der Waals surface area contributed by atoms with Crippen molar-refractivity contribution in [2.24, 2.45) is 12.8 Å². The van der Waals surface area contributed by atoms with E-state index in [-0.39, 0.29) is 6.04 Å². The van der Waals surface area contributed by atoms with Gasteiger partial charge in [0.15, 0.2) is 0 Å². The van der Waals surface area contributed by atoms with Crippen molar-refractivity contribution in [2.75, 3.05) is 25.6 Å². The van der Waals surface area contributed by atoms with E-state index in [2.05, 4.69) is 20.8 Å². The summed E-state index contributed by atoms with van der Waals surface area (Å²) in [5.74, 6) is 0.625. The molecular weight excluding hydrogens is 184 g/mol. The molecular formula is C7H16N6O. The summed E-state index contributed by atoms with van der Waals surface area (Å²) in [7, 11) is 3.43. The second kappa shape index (κ2) is 5.51. The lowest BCUT2D eigenvalue weighted by atomic mass is 10.2. The lowest BCUT2D eigenvalue weighted by Crippen LogP contribution is -2.29. The first-order chi connectivity index (χ1) is 6.77. The molecule has 0 spiro atoms. The Morgan fingerprint density at radius 3 is 2.93 bits per heavy atom. The van der Waals surface area contributed by atoms with Gasteiger partial charge in [-0.25, -0.2) is 4.68 Å². The molecule has 1 heterocycles. The van der Waals surface area contributed by atoms with Crippen molar-refractivity contribution in [3.8, 4) is 0 Å². The second-order valence-electron chi connectivity index (χ2n) is 3.00. The number of aryl methyl sites for hydroxylation is 1. The minimum Gasteiger partial charge on any atom is -0.383 e. The van der Waals surface area contributed by atoms with Gasteiger partial charge in [0.05, 0.1) is 12.6 Å². The van der Waals surface area contributed by atoms with Gasteiger partial charge in [0.2, 0.25) is 5.95 Å². The Morgan fingerprint density at radius 1 is 1.64 bits per heavy atom. The van der Waals surface area contributed by atoms with Gasteiger partial charge in [-0.3, -0.25) is 0 Å². The van der Waals surface area contributed by atoms with Crippen LogP contribution in [0, 0.1) is 0 Å². The molecule has 1 atom stereocenters. The topological polar surface area (TPSA) is 90.9 Å². The van der Waals surface area contributed by atoms with E-state index in [0.717, 1.165) is 6.42 Å². The molecule has 14 heavy (non-hydrogen) atoms. The summed E-state index contributed by atoms with van der Waals surface area (Å²) in [6, 6.07) is 0.148. The first-order valence-electron chi connectivity index (χ1n) is 4.45. The van der Waals surface area contributed by atoms with Gasteiger partial charge in [0.25, 0.3) is 0 Å². The van der Waals surface area contributed by atoms with Crippen LogP contribution in [0.2, 0.25) is 0 Å². The van der Waals surface area contributed by atoms with Gasteiger partial charge in [0.1, 0.15) is 0 Å². The molecule has 0 aliphatic rings. The summed E-state index contributed by atoms with van der Waals surface area (Å²) in [6.07, 6.45) is 0.820. The average Bonchev–Trinajstić information content (AvgIpc) is 2.53. The third-order valence-corrected chi connectivity index (χ3v) is 1.84. The predicted molar refractivity (Wildman–Crippen MR) is 51.8 cm³/mol. The minimum absolute atomic E-state index is 0.148. The zero-order chi connectivity index (χ0) is 10.4. The summed E-state index contributed by atoms with van der Waals surface area (Å²) in [5.41, 5.74) is 5.47. The highest BCUT2D eigenvalue weighted by atomic mass is 16.5. The van der Waals surface area contributed by atoms with Gasteiger partial charge in [-0.15, -0.1) is 0 Å². The molecule has 80 valence electrons. The van der Waals surface area contributed by atoms with Crippen LogP contribution in [0.15, 0.2) is 0 Å². The normalized spacial score (nSPS) is 12.8. The number of methoxy groups -OCH3 is 1. The van der Waals surface area contributed by atoms with Crippen LogP contribution in [0.4, 0.5) is 5.95 Å². The second-order valence-corrected chi connectivity index (χ2v) is 3.00. The third-order valence-electron chi connectivity index (χ3n) is 1.84. The molecule has 1 unspecified atom stereocenters. The molecule has 0 aliphatic heterocycles. The van der Waals surface area contributed by atoms with Crippen LogP contribution < -0.4 is 11.1 Å². The lowest BCUT2D eigenvalue weighted by molar-refractivity contribution is 0.183. The standard InChI is InChI=1S/C7H16N6O/c1-13-7(10-11-12-13)9-6(3-4-8)5-14-2/h6H,3-5,8H2,1-2H3,(H,9,10,12). The Labute approximate surface area is 82.6 Å². The van der Waals surface area contributed by atoms with Crippen LogP contribution in [0.3, 0.4) is 0 Å². The van der Waals surface area contributed by atoms with Crippen LogP contribution in [0.1, 0.15) is 6.42 Å². The van der Waals surface area contributed by atoms with Crippen molar-refractivity contribution in [2.45, 2.75) is 12.5 Å². The number of hydrogen-bond donors (Lipinski definition) is 2. The number of hydrogen-bond acceptors (Lipinski definition) is 6. The Bertz CT molecular complexity index is 256. The lowest BCUT2D eigenvalue weighted by Gasteiger charge is -2.16. The van der Waals surface area contributed by atoms with E-state index in [0.29, 0.717) is 19.1 Å². The molecule has 0 saturated carbocycles. The highest BCUT2D eigenvalue weighted by Crippen LogP contribution is 2.02. The van der Waals surface area contributed by atoms with Gasteiger partial charge >= 0.3 is 0 Å². The number of ether oxygens (including phenoxy) is 1. The highest BCUT2D eigenvalue weighted by molar-refractivity contribution is 5.23. The van der Waals surface area contributed by atoms with Crippen molar-refractivity contribution in [3.05, 3.63) is 0 Å². The van der Waals surface area contributed by atoms with Crippen molar-refractivity contribution in [1.82, 2.24) is 20.2 Å². The van der Waals surface area contributed by atoms with Crippen molar-refractivity contribution in [1.29, 1.82) is 0 Å². The molecule has 7 heteroatoms. The molecule has 0 radical (unpaired) electrons. The molecule has 1 aromatic heterocycles. The fourth-order valence-corrected chi connectivity index (χ4v) is 1.13. The zero-order valence-electron chi connectivity index (χ0n) is 8.47. The number of anilines is 1. The molecule has 3 N–H and O–H groups in total. The summed E-state index contributed by atoms with van der Waals surface area (Å²) in [5, 5.41) is 14.2. The summed E-state index contributed by atoms with van der Waals surface area (Å²) < 4.78 is 6.62. The number of nitrogens with one attached hydrogen (secondary N) is 1. The van der Waals surface area contributed by atoms with Gasteiger partial charge in [0, 0.05) is 14.2 Å². The van der Waals surface area contributed by atoms with E-state index in [1.807, 2.05) is 0 Å². The van der Waals surface area contributed by atoms with Crippen LogP contribution in [0.5, 0.6) is 0 Å². The first-order valence-corrected chi connectivity index (χ1v) is 4.45. The molecule has 1 rings (SSSR count). The molecule has 0 bridgehead atoms.